The Balaban J connectivity index is 2.32. The fourth-order valence-electron chi connectivity index (χ4n) is 1.58. The van der Waals surface area contributed by atoms with Gasteiger partial charge in [0.05, 0.1) is 19.7 Å². The van der Waals surface area contributed by atoms with Crippen LogP contribution < -0.4 is 11.1 Å². The molecule has 1 fully saturated rings. The van der Waals surface area contributed by atoms with Crippen LogP contribution in [0.4, 0.5) is 0 Å². The van der Waals surface area contributed by atoms with Crippen molar-refractivity contribution < 1.29 is 14.3 Å². The third-order valence-electron chi connectivity index (χ3n) is 2.51. The summed E-state index contributed by atoms with van der Waals surface area (Å²) in [6.07, 6.45) is 2.09. The van der Waals surface area contributed by atoms with E-state index in [9.17, 15) is 9.59 Å². The van der Waals surface area contributed by atoms with Crippen molar-refractivity contribution in [2.75, 3.05) is 32.8 Å². The SMILES string of the molecule is CCOC(=O)CN(CC(=O)NCCN)C1CC1. The van der Waals surface area contributed by atoms with Gasteiger partial charge in [-0.1, -0.05) is 0 Å². The summed E-state index contributed by atoms with van der Waals surface area (Å²) in [7, 11) is 0. The van der Waals surface area contributed by atoms with E-state index in [-0.39, 0.29) is 25.0 Å². The number of hydrogen-bond donors (Lipinski definition) is 2. The topological polar surface area (TPSA) is 84.7 Å². The van der Waals surface area contributed by atoms with E-state index in [0.717, 1.165) is 12.8 Å². The maximum Gasteiger partial charge on any atom is 0.320 e. The van der Waals surface area contributed by atoms with Crippen molar-refractivity contribution in [3.8, 4) is 0 Å². The van der Waals surface area contributed by atoms with Crippen molar-refractivity contribution in [1.82, 2.24) is 10.2 Å². The van der Waals surface area contributed by atoms with E-state index in [1.807, 2.05) is 4.90 Å². The average molecular weight is 243 g/mol. The lowest BCUT2D eigenvalue weighted by Crippen LogP contribution is -2.42. The standard InChI is InChI=1S/C11H21N3O3/c1-2-17-11(16)8-14(9-3-4-9)7-10(15)13-6-5-12/h9H,2-8,12H2,1H3,(H,13,15). The highest BCUT2D eigenvalue weighted by molar-refractivity contribution is 5.79. The summed E-state index contributed by atoms with van der Waals surface area (Å²) in [6.45, 7) is 3.46. The minimum absolute atomic E-state index is 0.0911. The summed E-state index contributed by atoms with van der Waals surface area (Å²) in [5.74, 6) is -0.363. The molecule has 0 aromatic rings. The van der Waals surface area contributed by atoms with Crippen LogP contribution in [-0.4, -0.2) is 55.6 Å². The van der Waals surface area contributed by atoms with E-state index in [1.54, 1.807) is 6.92 Å². The predicted molar refractivity (Wildman–Crippen MR) is 63.3 cm³/mol. The maximum absolute atomic E-state index is 11.5. The molecule has 0 atom stereocenters. The largest absolute Gasteiger partial charge is 0.465 e. The lowest BCUT2D eigenvalue weighted by Gasteiger charge is -2.20. The number of nitrogens with two attached hydrogens (primary N) is 1. The van der Waals surface area contributed by atoms with Crippen LogP contribution in [0.25, 0.3) is 0 Å². The Hall–Kier alpha value is -1.14. The van der Waals surface area contributed by atoms with Crippen LogP contribution in [0.2, 0.25) is 0 Å². The Morgan fingerprint density at radius 2 is 2.12 bits per heavy atom. The predicted octanol–water partition coefficient (Wildman–Crippen LogP) is -0.911. The molecule has 1 saturated carbocycles. The molecule has 0 spiro atoms. The van der Waals surface area contributed by atoms with Gasteiger partial charge in [0, 0.05) is 19.1 Å². The Kier molecular flexibility index (Phi) is 5.93. The Morgan fingerprint density at radius 1 is 1.41 bits per heavy atom. The minimum Gasteiger partial charge on any atom is -0.465 e. The molecule has 98 valence electrons. The monoisotopic (exact) mass is 243 g/mol. The van der Waals surface area contributed by atoms with Gasteiger partial charge in [0.25, 0.3) is 0 Å². The minimum atomic E-state index is -0.272. The van der Waals surface area contributed by atoms with E-state index in [1.165, 1.54) is 0 Å². The van der Waals surface area contributed by atoms with Gasteiger partial charge in [0.1, 0.15) is 0 Å². The molecule has 3 N–H and O–H groups in total. The van der Waals surface area contributed by atoms with E-state index >= 15 is 0 Å². The molecule has 0 radical (unpaired) electrons. The van der Waals surface area contributed by atoms with Crippen molar-refractivity contribution in [2.45, 2.75) is 25.8 Å². The fourth-order valence-corrected chi connectivity index (χ4v) is 1.58. The second-order valence-electron chi connectivity index (χ2n) is 4.08. The Bertz CT molecular complexity index is 267. The summed E-state index contributed by atoms with van der Waals surface area (Å²) < 4.78 is 4.88. The van der Waals surface area contributed by atoms with E-state index in [2.05, 4.69) is 5.32 Å². The summed E-state index contributed by atoms with van der Waals surface area (Å²) in [5.41, 5.74) is 5.30. The summed E-state index contributed by atoms with van der Waals surface area (Å²) in [4.78, 5) is 24.8. The van der Waals surface area contributed by atoms with Gasteiger partial charge < -0.3 is 15.8 Å². The number of ether oxygens (including phenoxy) is 1. The zero-order valence-electron chi connectivity index (χ0n) is 10.3. The van der Waals surface area contributed by atoms with Gasteiger partial charge in [0.15, 0.2) is 0 Å². The third-order valence-corrected chi connectivity index (χ3v) is 2.51. The smallest absolute Gasteiger partial charge is 0.320 e. The van der Waals surface area contributed by atoms with Gasteiger partial charge in [-0.15, -0.1) is 0 Å². The van der Waals surface area contributed by atoms with Gasteiger partial charge >= 0.3 is 5.97 Å². The fraction of sp³-hybridized carbons (Fsp3) is 0.818. The number of esters is 1. The van der Waals surface area contributed by atoms with Crippen LogP contribution in [0.3, 0.4) is 0 Å². The van der Waals surface area contributed by atoms with Crippen LogP contribution in [0.5, 0.6) is 0 Å². The zero-order valence-corrected chi connectivity index (χ0v) is 10.3. The summed E-state index contributed by atoms with van der Waals surface area (Å²) in [5, 5.41) is 2.69. The molecule has 0 bridgehead atoms. The first-order valence-electron chi connectivity index (χ1n) is 6.03. The molecule has 0 aliphatic heterocycles. The van der Waals surface area contributed by atoms with Crippen molar-refractivity contribution in [2.24, 2.45) is 5.73 Å². The van der Waals surface area contributed by atoms with Gasteiger partial charge in [-0.25, -0.2) is 0 Å². The first kappa shape index (κ1) is 13.9. The van der Waals surface area contributed by atoms with E-state index in [4.69, 9.17) is 10.5 Å². The second kappa shape index (κ2) is 7.24. The van der Waals surface area contributed by atoms with Gasteiger partial charge in [-0.05, 0) is 19.8 Å². The van der Waals surface area contributed by atoms with Crippen LogP contribution in [0, 0.1) is 0 Å². The lowest BCUT2D eigenvalue weighted by atomic mass is 10.4. The van der Waals surface area contributed by atoms with E-state index in [0.29, 0.717) is 25.7 Å². The molecule has 17 heavy (non-hydrogen) atoms. The highest BCUT2D eigenvalue weighted by Gasteiger charge is 2.31. The Morgan fingerprint density at radius 3 is 2.65 bits per heavy atom. The molecule has 0 heterocycles. The molecule has 1 rings (SSSR count). The lowest BCUT2D eigenvalue weighted by molar-refractivity contribution is -0.144. The molecule has 1 amide bonds. The van der Waals surface area contributed by atoms with Crippen molar-refractivity contribution >= 4 is 11.9 Å². The number of rotatable bonds is 8. The number of hydrogen-bond acceptors (Lipinski definition) is 5. The van der Waals surface area contributed by atoms with Crippen molar-refractivity contribution in [1.29, 1.82) is 0 Å². The van der Waals surface area contributed by atoms with Crippen molar-refractivity contribution in [3.63, 3.8) is 0 Å². The second-order valence-corrected chi connectivity index (χ2v) is 4.08. The number of carbonyl (C=O) groups is 2. The van der Waals surface area contributed by atoms with Gasteiger partial charge in [-0.3, -0.25) is 14.5 Å². The Labute approximate surface area is 101 Å². The first-order chi connectivity index (χ1) is 8.17. The average Bonchev–Trinajstić information content (AvgIpc) is 3.09. The number of amides is 1. The zero-order chi connectivity index (χ0) is 12.7. The van der Waals surface area contributed by atoms with Crippen LogP contribution in [-0.2, 0) is 14.3 Å². The molecule has 0 saturated heterocycles. The molecule has 0 aromatic carbocycles. The highest BCUT2D eigenvalue weighted by atomic mass is 16.5. The molecule has 1 aliphatic carbocycles. The first-order valence-corrected chi connectivity index (χ1v) is 6.03. The number of nitrogens with zero attached hydrogens (tertiary/aromatic N) is 1. The number of nitrogens with one attached hydrogen (secondary N) is 1. The van der Waals surface area contributed by atoms with Crippen LogP contribution in [0.1, 0.15) is 19.8 Å². The molecule has 1 aliphatic rings. The molecule has 0 unspecified atom stereocenters. The van der Waals surface area contributed by atoms with Gasteiger partial charge in [-0.2, -0.15) is 0 Å². The molecule has 6 heteroatoms. The highest BCUT2D eigenvalue weighted by Crippen LogP contribution is 2.26. The number of carbonyl (C=O) groups excluding carboxylic acids is 2. The van der Waals surface area contributed by atoms with Gasteiger partial charge in [0.2, 0.25) is 5.91 Å². The maximum atomic E-state index is 11.5. The molecular weight excluding hydrogens is 222 g/mol. The summed E-state index contributed by atoms with van der Waals surface area (Å²) >= 11 is 0. The summed E-state index contributed by atoms with van der Waals surface area (Å²) in [6, 6.07) is 0.350. The quantitative estimate of drug-likeness (QED) is 0.539. The van der Waals surface area contributed by atoms with Crippen LogP contribution >= 0.6 is 0 Å². The van der Waals surface area contributed by atoms with Crippen LogP contribution in [0.15, 0.2) is 0 Å². The van der Waals surface area contributed by atoms with E-state index < -0.39 is 0 Å². The molecule has 0 aromatic heterocycles. The molecule has 6 nitrogen and oxygen atoms in total. The normalized spacial score (nSPS) is 14.8. The molecular formula is C11H21N3O3. The third kappa shape index (κ3) is 5.65. The van der Waals surface area contributed by atoms with Crippen molar-refractivity contribution in [3.05, 3.63) is 0 Å².